The van der Waals surface area contributed by atoms with Crippen molar-refractivity contribution in [1.82, 2.24) is 9.13 Å². The van der Waals surface area contributed by atoms with Gasteiger partial charge in [0.1, 0.15) is 26.2 Å². The Kier molecular flexibility index (Phi) is 5.04. The number of hydroxylamine groups is 6. The van der Waals surface area contributed by atoms with E-state index in [-0.39, 0.29) is 59.3 Å². The van der Waals surface area contributed by atoms with Crippen LogP contribution in [0.5, 0.6) is 0 Å². The Morgan fingerprint density at radius 1 is 0.960 bits per heavy atom. The average molecular weight is 360 g/mol. The smallest absolute Gasteiger partial charge is 0.340 e. The maximum absolute atomic E-state index is 14.0. The summed E-state index contributed by atoms with van der Waals surface area (Å²) in [6.07, 6.45) is 0.739. The van der Waals surface area contributed by atoms with Gasteiger partial charge in [-0.15, -0.1) is 0 Å². The lowest BCUT2D eigenvalue weighted by atomic mass is 10.4. The van der Waals surface area contributed by atoms with Crippen molar-refractivity contribution < 1.29 is 23.2 Å². The Labute approximate surface area is 142 Å². The molecule has 2 aliphatic rings. The number of quaternary nitrogens is 2. The van der Waals surface area contributed by atoms with Crippen molar-refractivity contribution in [3.63, 3.8) is 0 Å². The third-order valence-corrected chi connectivity index (χ3v) is 4.58. The van der Waals surface area contributed by atoms with Crippen LogP contribution in [-0.2, 0) is 22.8 Å². The van der Waals surface area contributed by atoms with Gasteiger partial charge in [-0.05, 0) is 0 Å². The molecule has 2 fully saturated rings. The molecule has 2 aliphatic heterocycles. The van der Waals surface area contributed by atoms with E-state index in [4.69, 9.17) is 9.47 Å². The van der Waals surface area contributed by atoms with Crippen LogP contribution in [0.25, 0.3) is 0 Å². The molecule has 25 heavy (non-hydrogen) atoms. The second-order valence-corrected chi connectivity index (χ2v) is 6.48. The lowest BCUT2D eigenvalue weighted by Crippen LogP contribution is -2.57. The summed E-state index contributed by atoms with van der Waals surface area (Å²) in [5.74, 6) is -1.17. The third kappa shape index (κ3) is 3.97. The zero-order valence-electron chi connectivity index (χ0n) is 13.8. The Bertz CT molecular complexity index is 736. The first kappa shape index (κ1) is 18.2. The van der Waals surface area contributed by atoms with Crippen molar-refractivity contribution in [3.05, 3.63) is 43.3 Å². The summed E-state index contributed by atoms with van der Waals surface area (Å²) in [6.45, 7) is 0.495. The van der Waals surface area contributed by atoms with E-state index in [9.17, 15) is 24.4 Å². The van der Waals surface area contributed by atoms with Crippen LogP contribution in [-0.4, -0.2) is 71.0 Å². The van der Waals surface area contributed by atoms with Gasteiger partial charge in [-0.3, -0.25) is 4.79 Å². The summed E-state index contributed by atoms with van der Waals surface area (Å²) in [4.78, 5) is 24.6. The normalized spacial score (nSPS) is 22.7. The molecule has 0 amide bonds. The zero-order chi connectivity index (χ0) is 18.1. The summed E-state index contributed by atoms with van der Waals surface area (Å²) >= 11 is 0. The summed E-state index contributed by atoms with van der Waals surface area (Å²) < 4.78 is 24.1. The lowest BCUT2D eigenvalue weighted by molar-refractivity contribution is -0.912. The van der Waals surface area contributed by atoms with Gasteiger partial charge >= 0.3 is 5.69 Å². The molecule has 0 radical (unpaired) electrons. The lowest BCUT2D eigenvalue weighted by Gasteiger charge is -2.45. The molecule has 10 nitrogen and oxygen atoms in total. The predicted octanol–water partition coefficient (Wildman–Crippen LogP) is -1.25. The molecule has 140 valence electrons. The van der Waals surface area contributed by atoms with Crippen LogP contribution in [0.4, 0.5) is 4.39 Å². The second-order valence-electron chi connectivity index (χ2n) is 6.48. The highest BCUT2D eigenvalue weighted by Crippen LogP contribution is 2.12. The van der Waals surface area contributed by atoms with E-state index in [1.54, 1.807) is 0 Å². The number of hydrogen-bond acceptors (Lipinski definition) is 6. The monoisotopic (exact) mass is 360 g/mol. The van der Waals surface area contributed by atoms with Crippen molar-refractivity contribution in [3.8, 4) is 0 Å². The number of hydrogen-bond donors (Lipinski definition) is 0. The van der Waals surface area contributed by atoms with Crippen molar-refractivity contribution >= 4 is 0 Å². The predicted molar refractivity (Wildman–Crippen MR) is 83.3 cm³/mol. The maximum Gasteiger partial charge on any atom is 0.340 e. The first-order valence-electron chi connectivity index (χ1n) is 8.11. The van der Waals surface area contributed by atoms with Gasteiger partial charge in [0.15, 0.2) is 13.3 Å². The van der Waals surface area contributed by atoms with Gasteiger partial charge in [-0.1, -0.05) is 0 Å². The summed E-state index contributed by atoms with van der Waals surface area (Å²) in [5.41, 5.74) is -2.01. The molecule has 0 bridgehead atoms. The first-order valence-corrected chi connectivity index (χ1v) is 8.11. The highest BCUT2D eigenvalue weighted by atomic mass is 19.1. The van der Waals surface area contributed by atoms with E-state index >= 15 is 0 Å². The van der Waals surface area contributed by atoms with Crippen LogP contribution in [0.2, 0.25) is 0 Å². The SMILES string of the molecule is O=c1c(F)cn(C[N+]2([O-])CCOCC2)c(=O)n1C[N+]1([O-])CCOCC1. The Hall–Kier alpha value is -1.63. The number of ether oxygens (including phenoxy) is 2. The molecule has 0 saturated carbocycles. The maximum atomic E-state index is 14.0. The van der Waals surface area contributed by atoms with Crippen molar-refractivity contribution in [1.29, 1.82) is 0 Å². The third-order valence-electron chi connectivity index (χ3n) is 4.58. The molecule has 0 spiro atoms. The average Bonchev–Trinajstić information content (AvgIpc) is 2.58. The minimum absolute atomic E-state index is 0.0707. The highest BCUT2D eigenvalue weighted by molar-refractivity contribution is 4.89. The van der Waals surface area contributed by atoms with E-state index < -0.39 is 33.0 Å². The molecule has 0 unspecified atom stereocenters. The van der Waals surface area contributed by atoms with Crippen molar-refractivity contribution in [2.45, 2.75) is 13.3 Å². The van der Waals surface area contributed by atoms with E-state index in [0.29, 0.717) is 4.57 Å². The number of morpholine rings is 2. The largest absolute Gasteiger partial charge is 0.631 e. The molecule has 11 heteroatoms. The van der Waals surface area contributed by atoms with E-state index in [0.717, 1.165) is 10.8 Å². The van der Waals surface area contributed by atoms with Crippen LogP contribution < -0.4 is 11.2 Å². The number of halogens is 1. The number of rotatable bonds is 4. The molecule has 0 aliphatic carbocycles. The molecule has 3 rings (SSSR count). The molecule has 0 aromatic carbocycles. The quantitative estimate of drug-likeness (QED) is 0.491. The van der Waals surface area contributed by atoms with Crippen LogP contribution in [0.1, 0.15) is 0 Å². The van der Waals surface area contributed by atoms with E-state index in [1.807, 2.05) is 0 Å². The van der Waals surface area contributed by atoms with Gasteiger partial charge in [-0.2, -0.15) is 4.39 Å². The standard InChI is InChI=1S/C14H21FN4O6/c15-12-9-16(10-18(22)1-5-24-6-2-18)14(21)17(13(12)20)11-19(23)3-7-25-8-4-19/h9H,1-8,10-11H2. The van der Waals surface area contributed by atoms with Gasteiger partial charge in [0.25, 0.3) is 5.56 Å². The van der Waals surface area contributed by atoms with E-state index in [2.05, 4.69) is 0 Å². The second kappa shape index (κ2) is 6.94. The van der Waals surface area contributed by atoms with E-state index in [1.165, 1.54) is 0 Å². The van der Waals surface area contributed by atoms with Gasteiger partial charge in [-0.25, -0.2) is 13.9 Å². The van der Waals surface area contributed by atoms with Crippen LogP contribution in [0.3, 0.4) is 0 Å². The van der Waals surface area contributed by atoms with Gasteiger partial charge in [0.2, 0.25) is 5.82 Å². The van der Waals surface area contributed by atoms with Crippen molar-refractivity contribution in [2.24, 2.45) is 0 Å². The number of nitrogens with zero attached hydrogens (tertiary/aromatic N) is 4. The summed E-state index contributed by atoms with van der Waals surface area (Å²) in [6, 6.07) is 0. The molecule has 1 aromatic rings. The molecular weight excluding hydrogens is 339 g/mol. The fraction of sp³-hybridized carbons (Fsp3) is 0.714. The molecule has 0 N–H and O–H groups in total. The Morgan fingerprint density at radius 2 is 1.44 bits per heavy atom. The topological polar surface area (TPSA) is 109 Å². The Balaban J connectivity index is 1.92. The first-order chi connectivity index (χ1) is 11.8. The molecule has 2 saturated heterocycles. The minimum atomic E-state index is -1.17. The van der Waals surface area contributed by atoms with Crippen LogP contribution >= 0.6 is 0 Å². The zero-order valence-corrected chi connectivity index (χ0v) is 13.8. The molecule has 1 aromatic heterocycles. The van der Waals surface area contributed by atoms with Crippen molar-refractivity contribution in [2.75, 3.05) is 52.6 Å². The fourth-order valence-electron chi connectivity index (χ4n) is 3.01. The number of aromatic nitrogens is 2. The van der Waals surface area contributed by atoms with Crippen LogP contribution in [0.15, 0.2) is 15.8 Å². The molecule has 3 heterocycles. The fourth-order valence-corrected chi connectivity index (χ4v) is 3.01. The molecular formula is C14H21FN4O6. The Morgan fingerprint density at radius 3 is 1.96 bits per heavy atom. The molecule has 0 atom stereocenters. The summed E-state index contributed by atoms with van der Waals surface area (Å²) in [7, 11) is 0. The van der Waals surface area contributed by atoms with Gasteiger partial charge in [0.05, 0.1) is 32.6 Å². The minimum Gasteiger partial charge on any atom is -0.631 e. The highest BCUT2D eigenvalue weighted by Gasteiger charge is 2.27. The summed E-state index contributed by atoms with van der Waals surface area (Å²) in [5, 5.41) is 25.2. The van der Waals surface area contributed by atoms with Crippen LogP contribution in [0, 0.1) is 16.2 Å². The van der Waals surface area contributed by atoms with Gasteiger partial charge < -0.3 is 29.2 Å². The van der Waals surface area contributed by atoms with Gasteiger partial charge in [0, 0.05) is 0 Å².